The number of nitrogens with one attached hydrogen (secondary N) is 1. The van der Waals surface area contributed by atoms with E-state index in [2.05, 4.69) is 17.2 Å². The Balaban J connectivity index is 1.64. The molecular weight excluding hydrogens is 260 g/mol. The molecule has 0 bridgehead atoms. The molecule has 2 aliphatic heterocycles. The minimum atomic E-state index is 0.616. The SMILES string of the molecule is CCCC1CN=C(Nc2ccc3c(c2)OCCO3)S1. The number of aliphatic imine (C=N–C) groups is 1. The zero-order valence-corrected chi connectivity index (χ0v) is 11.8. The maximum atomic E-state index is 5.58. The maximum absolute atomic E-state index is 5.58. The third kappa shape index (κ3) is 2.97. The molecule has 5 heteroatoms. The zero-order chi connectivity index (χ0) is 13.1. The van der Waals surface area contributed by atoms with Crippen LogP contribution in [0.3, 0.4) is 0 Å². The van der Waals surface area contributed by atoms with Crippen molar-refractivity contribution < 1.29 is 9.47 Å². The lowest BCUT2D eigenvalue weighted by atomic mass is 10.2. The quantitative estimate of drug-likeness (QED) is 0.922. The highest BCUT2D eigenvalue weighted by Gasteiger charge is 2.19. The van der Waals surface area contributed by atoms with Gasteiger partial charge in [-0.3, -0.25) is 4.99 Å². The lowest BCUT2D eigenvalue weighted by molar-refractivity contribution is 0.171. The normalized spacial score (nSPS) is 21.1. The van der Waals surface area contributed by atoms with E-state index in [4.69, 9.17) is 9.47 Å². The summed E-state index contributed by atoms with van der Waals surface area (Å²) >= 11 is 1.83. The van der Waals surface area contributed by atoms with E-state index >= 15 is 0 Å². The second-order valence-corrected chi connectivity index (χ2v) is 5.95. The summed E-state index contributed by atoms with van der Waals surface area (Å²) in [6.45, 7) is 4.38. The summed E-state index contributed by atoms with van der Waals surface area (Å²) in [7, 11) is 0. The zero-order valence-electron chi connectivity index (χ0n) is 11.0. The molecule has 0 fully saturated rings. The molecule has 19 heavy (non-hydrogen) atoms. The van der Waals surface area contributed by atoms with Gasteiger partial charge < -0.3 is 14.8 Å². The highest BCUT2D eigenvalue weighted by Crippen LogP contribution is 2.33. The Labute approximate surface area is 117 Å². The Morgan fingerprint density at radius 1 is 1.32 bits per heavy atom. The van der Waals surface area contributed by atoms with Gasteiger partial charge in [-0.25, -0.2) is 0 Å². The van der Waals surface area contributed by atoms with Crippen LogP contribution >= 0.6 is 11.8 Å². The Morgan fingerprint density at radius 3 is 3.00 bits per heavy atom. The fraction of sp³-hybridized carbons (Fsp3) is 0.500. The smallest absolute Gasteiger partial charge is 0.163 e. The van der Waals surface area contributed by atoms with Crippen LogP contribution in [-0.4, -0.2) is 30.2 Å². The molecule has 4 nitrogen and oxygen atoms in total. The second kappa shape index (κ2) is 5.74. The van der Waals surface area contributed by atoms with Gasteiger partial charge in [0, 0.05) is 17.0 Å². The van der Waals surface area contributed by atoms with Crippen LogP contribution < -0.4 is 14.8 Å². The van der Waals surface area contributed by atoms with Gasteiger partial charge in [-0.1, -0.05) is 25.1 Å². The van der Waals surface area contributed by atoms with Crippen LogP contribution in [0.2, 0.25) is 0 Å². The van der Waals surface area contributed by atoms with Crippen molar-refractivity contribution in [2.24, 2.45) is 4.99 Å². The summed E-state index contributed by atoms with van der Waals surface area (Å²) in [5.41, 5.74) is 1.01. The van der Waals surface area contributed by atoms with E-state index in [1.54, 1.807) is 0 Å². The maximum Gasteiger partial charge on any atom is 0.163 e. The van der Waals surface area contributed by atoms with Crippen LogP contribution in [0.5, 0.6) is 11.5 Å². The lowest BCUT2D eigenvalue weighted by Gasteiger charge is -2.19. The average Bonchev–Trinajstić information content (AvgIpc) is 2.86. The van der Waals surface area contributed by atoms with Gasteiger partial charge in [0.2, 0.25) is 0 Å². The van der Waals surface area contributed by atoms with Gasteiger partial charge in [0.25, 0.3) is 0 Å². The minimum Gasteiger partial charge on any atom is -0.486 e. The van der Waals surface area contributed by atoms with E-state index in [-0.39, 0.29) is 0 Å². The number of amidine groups is 1. The number of ether oxygens (including phenoxy) is 2. The molecule has 2 heterocycles. The summed E-state index contributed by atoms with van der Waals surface area (Å²) < 4.78 is 11.1. The van der Waals surface area contributed by atoms with Crippen LogP contribution in [0.1, 0.15) is 19.8 Å². The highest BCUT2D eigenvalue weighted by atomic mass is 32.2. The first-order valence-electron chi connectivity index (χ1n) is 6.73. The minimum absolute atomic E-state index is 0.616. The van der Waals surface area contributed by atoms with Crippen LogP contribution in [0.4, 0.5) is 5.69 Å². The summed E-state index contributed by atoms with van der Waals surface area (Å²) in [6, 6.07) is 5.93. The molecule has 0 radical (unpaired) electrons. The number of anilines is 1. The van der Waals surface area contributed by atoms with Gasteiger partial charge in [-0.2, -0.15) is 0 Å². The van der Waals surface area contributed by atoms with Gasteiger partial charge in [-0.15, -0.1) is 0 Å². The number of hydrogen-bond acceptors (Lipinski definition) is 5. The van der Waals surface area contributed by atoms with Crippen LogP contribution in [0.25, 0.3) is 0 Å². The summed E-state index contributed by atoms with van der Waals surface area (Å²) in [5, 5.41) is 5.00. The standard InChI is InChI=1S/C14H18N2O2S/c1-2-3-11-9-15-14(19-11)16-10-4-5-12-13(8-10)18-7-6-17-12/h4-5,8,11H,2-3,6-7,9H2,1H3,(H,15,16). The Morgan fingerprint density at radius 2 is 2.16 bits per heavy atom. The van der Waals surface area contributed by atoms with Crippen molar-refractivity contribution >= 4 is 22.6 Å². The predicted octanol–water partition coefficient (Wildman–Crippen LogP) is 3.14. The summed E-state index contributed by atoms with van der Waals surface area (Å²) in [6.07, 6.45) is 2.44. The molecule has 1 aromatic rings. The molecular formula is C14H18N2O2S. The van der Waals surface area contributed by atoms with Crippen molar-refractivity contribution in [1.29, 1.82) is 0 Å². The van der Waals surface area contributed by atoms with Crippen molar-refractivity contribution in [3.05, 3.63) is 18.2 Å². The second-order valence-electron chi connectivity index (χ2n) is 4.66. The first kappa shape index (κ1) is 12.7. The summed E-state index contributed by atoms with van der Waals surface area (Å²) in [4.78, 5) is 4.54. The van der Waals surface area contributed by atoms with E-state index in [0.717, 1.165) is 28.9 Å². The molecule has 0 amide bonds. The van der Waals surface area contributed by atoms with Gasteiger partial charge in [0.1, 0.15) is 13.2 Å². The van der Waals surface area contributed by atoms with Crippen molar-refractivity contribution in [1.82, 2.24) is 0 Å². The number of benzene rings is 1. The average molecular weight is 278 g/mol. The predicted molar refractivity (Wildman–Crippen MR) is 79.6 cm³/mol. The molecule has 2 aliphatic rings. The van der Waals surface area contributed by atoms with Gasteiger partial charge in [0.05, 0.1) is 6.54 Å². The van der Waals surface area contributed by atoms with E-state index in [9.17, 15) is 0 Å². The lowest BCUT2D eigenvalue weighted by Crippen LogP contribution is -2.15. The third-order valence-electron chi connectivity index (χ3n) is 3.12. The Kier molecular flexibility index (Phi) is 3.82. The number of thioether (sulfide) groups is 1. The molecule has 1 unspecified atom stereocenters. The Hall–Kier alpha value is -1.36. The number of hydrogen-bond donors (Lipinski definition) is 1. The number of nitrogens with zero attached hydrogens (tertiary/aromatic N) is 1. The molecule has 3 rings (SSSR count). The van der Waals surface area contributed by atoms with Gasteiger partial charge in [-0.05, 0) is 18.6 Å². The third-order valence-corrected chi connectivity index (χ3v) is 4.29. The van der Waals surface area contributed by atoms with E-state index in [0.29, 0.717) is 18.5 Å². The fourth-order valence-corrected chi connectivity index (χ4v) is 3.35. The molecule has 0 saturated carbocycles. The van der Waals surface area contributed by atoms with Crippen molar-refractivity contribution in [3.63, 3.8) is 0 Å². The topological polar surface area (TPSA) is 42.9 Å². The van der Waals surface area contributed by atoms with Crippen LogP contribution in [0, 0.1) is 0 Å². The molecule has 102 valence electrons. The van der Waals surface area contributed by atoms with E-state index in [1.807, 2.05) is 30.0 Å². The van der Waals surface area contributed by atoms with E-state index < -0.39 is 0 Å². The molecule has 0 aliphatic carbocycles. The molecule has 0 spiro atoms. The number of fused-ring (bicyclic) bond motifs is 1. The van der Waals surface area contributed by atoms with E-state index in [1.165, 1.54) is 12.8 Å². The summed E-state index contributed by atoms with van der Waals surface area (Å²) in [5.74, 6) is 1.63. The largest absolute Gasteiger partial charge is 0.486 e. The highest BCUT2D eigenvalue weighted by molar-refractivity contribution is 8.15. The monoisotopic (exact) mass is 278 g/mol. The Bertz CT molecular complexity index is 490. The molecule has 1 atom stereocenters. The van der Waals surface area contributed by atoms with Gasteiger partial charge in [0.15, 0.2) is 16.7 Å². The van der Waals surface area contributed by atoms with Gasteiger partial charge >= 0.3 is 0 Å². The molecule has 1 aromatic carbocycles. The fourth-order valence-electron chi connectivity index (χ4n) is 2.20. The molecule has 1 N–H and O–H groups in total. The molecule has 0 saturated heterocycles. The number of rotatable bonds is 3. The van der Waals surface area contributed by atoms with Crippen molar-refractivity contribution in [2.75, 3.05) is 25.1 Å². The molecule has 0 aromatic heterocycles. The first-order valence-corrected chi connectivity index (χ1v) is 7.61. The van der Waals surface area contributed by atoms with Crippen LogP contribution in [-0.2, 0) is 0 Å². The van der Waals surface area contributed by atoms with Crippen molar-refractivity contribution in [3.8, 4) is 11.5 Å². The first-order chi connectivity index (χ1) is 9.35. The van der Waals surface area contributed by atoms with Crippen LogP contribution in [0.15, 0.2) is 23.2 Å². The van der Waals surface area contributed by atoms with Crippen molar-refractivity contribution in [2.45, 2.75) is 25.0 Å².